The van der Waals surface area contributed by atoms with Crippen molar-refractivity contribution in [1.29, 1.82) is 0 Å². The molecule has 0 aliphatic heterocycles. The van der Waals surface area contributed by atoms with Crippen molar-refractivity contribution in [1.82, 2.24) is 0 Å². The van der Waals surface area contributed by atoms with Crippen LogP contribution in [0.2, 0.25) is 0 Å². The van der Waals surface area contributed by atoms with Crippen molar-refractivity contribution in [2.75, 3.05) is 0 Å². The summed E-state index contributed by atoms with van der Waals surface area (Å²) >= 11 is 2.70. The lowest BCUT2D eigenvalue weighted by molar-refractivity contribution is 0.116. The van der Waals surface area contributed by atoms with Gasteiger partial charge in [-0.3, -0.25) is 0 Å². The Kier molecular flexibility index (Phi) is 0.936. The molecule has 0 aromatic carbocycles. The van der Waals surface area contributed by atoms with Crippen LogP contribution in [0, 0.1) is 47.3 Å². The van der Waals surface area contributed by atoms with Gasteiger partial charge in [0.25, 0.3) is 0 Å². The Bertz CT molecular complexity index is 283. The Morgan fingerprint density at radius 2 is 1.54 bits per heavy atom. The summed E-state index contributed by atoms with van der Waals surface area (Å²) in [6, 6.07) is 0. The number of halogens is 1. The summed E-state index contributed by atoms with van der Waals surface area (Å²) in [5, 5.41) is 10.2. The first-order valence-electron chi connectivity index (χ1n) is 5.63. The van der Waals surface area contributed by atoms with Gasteiger partial charge in [-0.2, -0.15) is 0 Å². The molecule has 6 aliphatic rings. The van der Waals surface area contributed by atoms with Crippen LogP contribution in [0.5, 0.6) is 0 Å². The van der Waals surface area contributed by atoms with E-state index in [0.29, 0.717) is 0 Å². The molecule has 0 aromatic heterocycles. The Labute approximate surface area is 91.4 Å². The van der Waals surface area contributed by atoms with Gasteiger partial charge in [-0.1, -0.05) is 22.6 Å². The zero-order chi connectivity index (χ0) is 8.48. The minimum atomic E-state index is 0.125. The lowest BCUT2D eigenvalue weighted by atomic mass is 9.71. The zero-order valence-electron chi connectivity index (χ0n) is 7.31. The molecule has 0 amide bonds. The summed E-state index contributed by atoms with van der Waals surface area (Å²) < 4.78 is 0.940. The summed E-state index contributed by atoms with van der Waals surface area (Å²) in [5.74, 6) is 7.48. The summed E-state index contributed by atoms with van der Waals surface area (Å²) in [4.78, 5) is 0. The predicted molar refractivity (Wildman–Crippen MR) is 56.4 cm³/mol. The van der Waals surface area contributed by atoms with Gasteiger partial charge in [0.1, 0.15) is 0 Å². The van der Waals surface area contributed by atoms with E-state index in [1.807, 2.05) is 0 Å². The maximum atomic E-state index is 10.2. The van der Waals surface area contributed by atoms with E-state index in [1.165, 1.54) is 6.42 Å². The highest BCUT2D eigenvalue weighted by molar-refractivity contribution is 14.1. The minimum Gasteiger partial charge on any atom is -0.393 e. The highest BCUT2D eigenvalue weighted by Crippen LogP contribution is 2.83. The summed E-state index contributed by atoms with van der Waals surface area (Å²) in [5.41, 5.74) is 0. The van der Waals surface area contributed by atoms with Gasteiger partial charge in [-0.15, -0.1) is 0 Å². The second-order valence-electron chi connectivity index (χ2n) is 5.96. The van der Waals surface area contributed by atoms with Gasteiger partial charge in [0, 0.05) is 3.92 Å². The average molecular weight is 288 g/mol. The van der Waals surface area contributed by atoms with Crippen LogP contribution in [0.1, 0.15) is 6.42 Å². The molecule has 2 heteroatoms. The third-order valence-corrected chi connectivity index (χ3v) is 7.93. The van der Waals surface area contributed by atoms with Crippen molar-refractivity contribution in [2.24, 2.45) is 47.3 Å². The van der Waals surface area contributed by atoms with Crippen LogP contribution >= 0.6 is 22.6 Å². The van der Waals surface area contributed by atoms with Crippen molar-refractivity contribution in [2.45, 2.75) is 16.4 Å². The molecule has 10 atom stereocenters. The van der Waals surface area contributed by atoms with Crippen LogP contribution in [0.3, 0.4) is 0 Å². The Morgan fingerprint density at radius 3 is 2.31 bits per heavy atom. The molecule has 1 nitrogen and oxygen atoms in total. The van der Waals surface area contributed by atoms with Gasteiger partial charge in [0.15, 0.2) is 0 Å². The van der Waals surface area contributed by atoms with Crippen molar-refractivity contribution in [3.63, 3.8) is 0 Å². The molecule has 1 N–H and O–H groups in total. The maximum absolute atomic E-state index is 10.2. The molecule has 13 heavy (non-hydrogen) atoms. The molecule has 0 spiro atoms. The Balaban J connectivity index is 1.86. The SMILES string of the molecule is O[C@@H]1[C@@H]2[C@@H]3[C@H](I)[C@H]4[C@H]5C[C@@H]([C@H]24)[C@@H]1[C@@H]53. The number of aliphatic hydroxyl groups excluding tert-OH is 1. The first kappa shape index (κ1) is 7.04. The number of alkyl halides is 1. The molecular weight excluding hydrogens is 275 g/mol. The van der Waals surface area contributed by atoms with Crippen LogP contribution < -0.4 is 0 Å². The second kappa shape index (κ2) is 1.73. The molecule has 6 rings (SSSR count). The quantitative estimate of drug-likeness (QED) is 0.529. The van der Waals surface area contributed by atoms with E-state index in [2.05, 4.69) is 22.6 Å². The van der Waals surface area contributed by atoms with Crippen LogP contribution in [0.15, 0.2) is 0 Å². The zero-order valence-corrected chi connectivity index (χ0v) is 9.46. The van der Waals surface area contributed by atoms with Gasteiger partial charge in [0.2, 0.25) is 0 Å². The Morgan fingerprint density at radius 1 is 0.846 bits per heavy atom. The summed E-state index contributed by atoms with van der Waals surface area (Å²) in [6.07, 6.45) is 1.62. The fourth-order valence-corrected chi connectivity index (χ4v) is 8.49. The van der Waals surface area contributed by atoms with E-state index in [0.717, 1.165) is 51.3 Å². The first-order valence-corrected chi connectivity index (χ1v) is 6.87. The van der Waals surface area contributed by atoms with Gasteiger partial charge in [0.05, 0.1) is 6.10 Å². The van der Waals surface area contributed by atoms with E-state index >= 15 is 0 Å². The molecule has 6 saturated carbocycles. The van der Waals surface area contributed by atoms with Gasteiger partial charge in [-0.05, 0) is 53.8 Å². The van der Waals surface area contributed by atoms with Crippen molar-refractivity contribution >= 4 is 22.6 Å². The molecular formula is C11H13IO. The molecule has 70 valence electrons. The molecule has 6 bridgehead atoms. The Hall–Kier alpha value is 0.690. The monoisotopic (exact) mass is 288 g/mol. The average Bonchev–Trinajstić information content (AvgIpc) is 2.78. The highest BCUT2D eigenvalue weighted by Gasteiger charge is 2.82. The standard InChI is InChI=1S/C11H13IO/c12-10-6-2-1-3-4(6)9-8(10)5(2)7(3)11(9)13/h2-11,13H,1H2/t2-,3-,4-,5+,6-,7+,8+,9-,10+,11-/m0/s1. The number of hydrogen-bond acceptors (Lipinski definition) is 1. The largest absolute Gasteiger partial charge is 0.393 e. The topological polar surface area (TPSA) is 20.2 Å². The molecule has 0 heterocycles. The molecule has 0 aromatic rings. The van der Waals surface area contributed by atoms with Crippen LogP contribution in [0.25, 0.3) is 0 Å². The second-order valence-corrected chi connectivity index (χ2v) is 7.40. The third kappa shape index (κ3) is 0.451. The van der Waals surface area contributed by atoms with Crippen molar-refractivity contribution in [3.05, 3.63) is 0 Å². The van der Waals surface area contributed by atoms with Crippen LogP contribution in [0.4, 0.5) is 0 Å². The van der Waals surface area contributed by atoms with E-state index < -0.39 is 0 Å². The fourth-order valence-electron chi connectivity index (χ4n) is 6.52. The molecule has 0 unspecified atom stereocenters. The van der Waals surface area contributed by atoms with Crippen molar-refractivity contribution < 1.29 is 5.11 Å². The van der Waals surface area contributed by atoms with Gasteiger partial charge in [-0.25, -0.2) is 0 Å². The maximum Gasteiger partial charge on any atom is 0.0608 e. The summed E-state index contributed by atoms with van der Waals surface area (Å²) in [7, 11) is 0. The van der Waals surface area contributed by atoms with E-state index in [-0.39, 0.29) is 6.10 Å². The smallest absolute Gasteiger partial charge is 0.0608 e. The molecule has 6 aliphatic carbocycles. The number of aliphatic hydroxyl groups is 1. The van der Waals surface area contributed by atoms with E-state index in [1.54, 1.807) is 0 Å². The van der Waals surface area contributed by atoms with Gasteiger partial charge >= 0.3 is 0 Å². The highest BCUT2D eigenvalue weighted by atomic mass is 127. The molecule has 0 saturated heterocycles. The number of rotatable bonds is 0. The molecule has 6 fully saturated rings. The lowest BCUT2D eigenvalue weighted by Crippen LogP contribution is -2.30. The summed E-state index contributed by atoms with van der Waals surface area (Å²) in [6.45, 7) is 0. The minimum absolute atomic E-state index is 0.125. The first-order chi connectivity index (χ1) is 6.30. The fraction of sp³-hybridized carbons (Fsp3) is 1.00. The number of hydrogen-bond donors (Lipinski definition) is 1. The van der Waals surface area contributed by atoms with E-state index in [9.17, 15) is 5.11 Å². The third-order valence-electron chi connectivity index (χ3n) is 6.27. The normalized spacial score (nSPS) is 85.4. The predicted octanol–water partition coefficient (Wildman–Crippen LogP) is 1.54. The molecule has 0 radical (unpaired) electrons. The van der Waals surface area contributed by atoms with Gasteiger partial charge < -0.3 is 5.11 Å². The van der Waals surface area contributed by atoms with E-state index in [4.69, 9.17) is 0 Å². The van der Waals surface area contributed by atoms with Crippen molar-refractivity contribution in [3.8, 4) is 0 Å². The van der Waals surface area contributed by atoms with Crippen LogP contribution in [-0.4, -0.2) is 15.1 Å². The lowest BCUT2D eigenvalue weighted by Gasteiger charge is -2.33. The van der Waals surface area contributed by atoms with Crippen LogP contribution in [-0.2, 0) is 0 Å².